The van der Waals surface area contributed by atoms with Gasteiger partial charge in [-0.05, 0) is 128 Å². The Kier molecular flexibility index (Phi) is 66.7. The van der Waals surface area contributed by atoms with Crippen LogP contribution < -0.4 is 0 Å². The molecule has 6 heteroatoms. The van der Waals surface area contributed by atoms with Gasteiger partial charge in [-0.15, -0.1) is 0 Å². The molecule has 0 saturated carbocycles. The standard InChI is InChI=1S/C77H130O6/c1-4-7-10-13-16-19-22-25-28-31-33-35-36-37-38-39-40-42-43-46-49-52-55-58-61-64-67-70-76(79)82-73-74(72-81-75(78)69-66-63-60-57-54-51-48-45-30-27-24-21-18-15-12-9-6-3)83-77(80)71-68-65-62-59-56-53-50-47-44-41-34-32-29-26-23-20-17-14-11-8-5-2/h7,9-10,12,16,18-19,21,25,27-28,30,32-35,37-38,40,42,74H,4-6,8,11,13-15,17,20,22-24,26,29,31,36,39,41,43-73H2,1-3H3/b10-7-,12-9-,19-16-,21-18-,28-25-,30-27-,34-32-,35-33-,38-37-,42-40-. The van der Waals surface area contributed by atoms with Crippen LogP contribution in [0.2, 0.25) is 0 Å². The molecule has 0 aromatic carbocycles. The highest BCUT2D eigenvalue weighted by molar-refractivity contribution is 5.71. The smallest absolute Gasteiger partial charge is 0.306 e. The van der Waals surface area contributed by atoms with E-state index in [9.17, 15) is 14.4 Å². The number of hydrogen-bond acceptors (Lipinski definition) is 6. The predicted molar refractivity (Wildman–Crippen MR) is 362 cm³/mol. The first kappa shape index (κ1) is 78.8. The lowest BCUT2D eigenvalue weighted by Gasteiger charge is -2.18. The number of ether oxygens (including phenoxy) is 3. The molecule has 0 aliphatic carbocycles. The summed E-state index contributed by atoms with van der Waals surface area (Å²) in [6.07, 6.45) is 97.8. The van der Waals surface area contributed by atoms with E-state index in [1.807, 2.05) is 0 Å². The molecule has 0 saturated heterocycles. The van der Waals surface area contributed by atoms with Crippen molar-refractivity contribution >= 4 is 17.9 Å². The van der Waals surface area contributed by atoms with Gasteiger partial charge in [0, 0.05) is 19.3 Å². The van der Waals surface area contributed by atoms with Crippen LogP contribution in [0.15, 0.2) is 122 Å². The SMILES string of the molecule is CC/C=C\C/C=C\C/C=C\C/C=C\C/C=C\C/C=C\CCCCCCCCCCC(=O)OCC(COC(=O)CCCCCCCCC/C=C\C/C=C\C/C=C\CC)OC(=O)CCCCCCCCCCC/C=C\CCCCCCCCCC. The summed E-state index contributed by atoms with van der Waals surface area (Å²) in [6.45, 7) is 6.43. The highest BCUT2D eigenvalue weighted by atomic mass is 16.6. The van der Waals surface area contributed by atoms with Gasteiger partial charge in [0.2, 0.25) is 0 Å². The third kappa shape index (κ3) is 68.5. The first-order valence-corrected chi connectivity index (χ1v) is 35.0. The van der Waals surface area contributed by atoms with Gasteiger partial charge in [0.15, 0.2) is 6.10 Å². The minimum atomic E-state index is -0.792. The summed E-state index contributed by atoms with van der Waals surface area (Å²) in [5.74, 6) is -0.896. The van der Waals surface area contributed by atoms with Crippen molar-refractivity contribution in [3.63, 3.8) is 0 Å². The lowest BCUT2D eigenvalue weighted by molar-refractivity contribution is -0.167. The van der Waals surface area contributed by atoms with Crippen LogP contribution in [0.5, 0.6) is 0 Å². The monoisotopic (exact) mass is 1150 g/mol. The second kappa shape index (κ2) is 70.3. The van der Waals surface area contributed by atoms with Crippen molar-refractivity contribution in [2.24, 2.45) is 0 Å². The van der Waals surface area contributed by atoms with Crippen LogP contribution in [0.3, 0.4) is 0 Å². The molecule has 0 rings (SSSR count). The quantitative estimate of drug-likeness (QED) is 0.0261. The molecule has 0 aromatic rings. The summed E-state index contributed by atoms with van der Waals surface area (Å²) < 4.78 is 17.0. The van der Waals surface area contributed by atoms with Crippen LogP contribution in [0.1, 0.15) is 329 Å². The van der Waals surface area contributed by atoms with Crippen LogP contribution in [0.4, 0.5) is 0 Å². The fourth-order valence-electron chi connectivity index (χ4n) is 9.75. The van der Waals surface area contributed by atoms with Gasteiger partial charge in [-0.2, -0.15) is 0 Å². The number of allylic oxidation sites excluding steroid dienone is 20. The van der Waals surface area contributed by atoms with E-state index in [2.05, 4.69) is 142 Å². The summed E-state index contributed by atoms with van der Waals surface area (Å²) in [5, 5.41) is 0. The fraction of sp³-hybridized carbons (Fsp3) is 0.701. The molecule has 83 heavy (non-hydrogen) atoms. The van der Waals surface area contributed by atoms with Crippen LogP contribution in [-0.2, 0) is 28.6 Å². The molecule has 1 atom stereocenters. The number of esters is 3. The van der Waals surface area contributed by atoms with Crippen molar-refractivity contribution in [3.05, 3.63) is 122 Å². The van der Waals surface area contributed by atoms with Crippen molar-refractivity contribution in [2.75, 3.05) is 13.2 Å². The molecule has 1 unspecified atom stereocenters. The lowest BCUT2D eigenvalue weighted by Crippen LogP contribution is -2.30. The third-order valence-electron chi connectivity index (χ3n) is 14.9. The Morgan fingerprint density at radius 3 is 0.747 bits per heavy atom. The predicted octanol–water partition coefficient (Wildman–Crippen LogP) is 24.3. The van der Waals surface area contributed by atoms with E-state index in [0.717, 1.165) is 128 Å². The van der Waals surface area contributed by atoms with Gasteiger partial charge in [-0.3, -0.25) is 14.4 Å². The molecule has 0 aliphatic heterocycles. The minimum absolute atomic E-state index is 0.0874. The second-order valence-electron chi connectivity index (χ2n) is 23.0. The van der Waals surface area contributed by atoms with E-state index in [0.29, 0.717) is 19.3 Å². The van der Waals surface area contributed by atoms with Crippen LogP contribution in [0.25, 0.3) is 0 Å². The Labute approximate surface area is 513 Å². The van der Waals surface area contributed by atoms with Gasteiger partial charge >= 0.3 is 17.9 Å². The Bertz CT molecular complexity index is 1700. The van der Waals surface area contributed by atoms with Gasteiger partial charge in [-0.1, -0.05) is 303 Å². The summed E-state index contributed by atoms with van der Waals surface area (Å²) in [6, 6.07) is 0. The van der Waals surface area contributed by atoms with Crippen molar-refractivity contribution in [1.82, 2.24) is 0 Å². The summed E-state index contributed by atoms with van der Waals surface area (Å²) in [4.78, 5) is 38.5. The normalized spacial score (nSPS) is 12.9. The second-order valence-corrected chi connectivity index (χ2v) is 23.0. The lowest BCUT2D eigenvalue weighted by atomic mass is 10.1. The summed E-state index contributed by atoms with van der Waals surface area (Å²) in [7, 11) is 0. The molecule has 0 fully saturated rings. The topological polar surface area (TPSA) is 78.9 Å². The van der Waals surface area contributed by atoms with Crippen molar-refractivity contribution in [3.8, 4) is 0 Å². The zero-order chi connectivity index (χ0) is 59.9. The van der Waals surface area contributed by atoms with E-state index >= 15 is 0 Å². The Morgan fingerprint density at radius 2 is 0.470 bits per heavy atom. The van der Waals surface area contributed by atoms with E-state index in [1.165, 1.54) is 161 Å². The fourth-order valence-corrected chi connectivity index (χ4v) is 9.75. The molecule has 0 radical (unpaired) electrons. The van der Waals surface area contributed by atoms with Gasteiger partial charge in [0.25, 0.3) is 0 Å². The molecule has 0 aromatic heterocycles. The van der Waals surface area contributed by atoms with E-state index < -0.39 is 6.10 Å². The van der Waals surface area contributed by atoms with Crippen molar-refractivity contribution < 1.29 is 28.6 Å². The summed E-state index contributed by atoms with van der Waals surface area (Å²) >= 11 is 0. The van der Waals surface area contributed by atoms with Gasteiger partial charge in [0.1, 0.15) is 13.2 Å². The maximum atomic E-state index is 13.0. The highest BCUT2D eigenvalue weighted by Gasteiger charge is 2.19. The minimum Gasteiger partial charge on any atom is -0.462 e. The zero-order valence-electron chi connectivity index (χ0n) is 54.4. The average molecular weight is 1150 g/mol. The number of rotatable bonds is 63. The number of unbranched alkanes of at least 4 members (excludes halogenated alkanes) is 32. The van der Waals surface area contributed by atoms with Gasteiger partial charge in [-0.25, -0.2) is 0 Å². The van der Waals surface area contributed by atoms with Crippen LogP contribution in [0, 0.1) is 0 Å². The maximum absolute atomic E-state index is 13.0. The third-order valence-corrected chi connectivity index (χ3v) is 14.9. The first-order valence-electron chi connectivity index (χ1n) is 35.0. The van der Waals surface area contributed by atoms with Crippen LogP contribution in [-0.4, -0.2) is 37.2 Å². The van der Waals surface area contributed by atoms with E-state index in [4.69, 9.17) is 14.2 Å². The van der Waals surface area contributed by atoms with E-state index in [1.54, 1.807) is 0 Å². The highest BCUT2D eigenvalue weighted by Crippen LogP contribution is 2.16. The molecule has 0 amide bonds. The number of carbonyl (C=O) groups excluding carboxylic acids is 3. The number of carbonyl (C=O) groups is 3. The number of hydrogen-bond donors (Lipinski definition) is 0. The van der Waals surface area contributed by atoms with Gasteiger partial charge < -0.3 is 14.2 Å². The van der Waals surface area contributed by atoms with Crippen molar-refractivity contribution in [1.29, 1.82) is 0 Å². The average Bonchev–Trinajstić information content (AvgIpc) is 3.49. The first-order chi connectivity index (χ1) is 41.0. The molecule has 474 valence electrons. The Balaban J connectivity index is 4.39. The van der Waals surface area contributed by atoms with Crippen molar-refractivity contribution in [2.45, 2.75) is 335 Å². The summed E-state index contributed by atoms with van der Waals surface area (Å²) in [5.41, 5.74) is 0. The van der Waals surface area contributed by atoms with Crippen LogP contribution >= 0.6 is 0 Å². The molecule has 0 spiro atoms. The molecule has 0 heterocycles. The molecule has 6 nitrogen and oxygen atoms in total. The molecular weight excluding hydrogens is 1020 g/mol. The molecule has 0 aliphatic rings. The molecular formula is C77H130O6. The Morgan fingerprint density at radius 1 is 0.253 bits per heavy atom. The Hall–Kier alpha value is -4.19. The molecule has 0 bridgehead atoms. The van der Waals surface area contributed by atoms with Gasteiger partial charge in [0.05, 0.1) is 0 Å². The zero-order valence-corrected chi connectivity index (χ0v) is 54.4. The van der Waals surface area contributed by atoms with E-state index in [-0.39, 0.29) is 31.1 Å². The largest absolute Gasteiger partial charge is 0.462 e. The maximum Gasteiger partial charge on any atom is 0.306 e. The molecule has 0 N–H and O–H groups in total.